The fraction of sp³-hybridized carbons (Fsp3) is 0. The van der Waals surface area contributed by atoms with Crippen LogP contribution in [0, 0.1) is 10.1 Å². The van der Waals surface area contributed by atoms with Gasteiger partial charge in [0.15, 0.2) is 0 Å². The van der Waals surface area contributed by atoms with E-state index in [2.05, 4.69) is 192 Å². The van der Waals surface area contributed by atoms with E-state index in [4.69, 9.17) is 0 Å². The molecule has 0 spiro atoms. The van der Waals surface area contributed by atoms with Gasteiger partial charge in [0.2, 0.25) is 0 Å². The van der Waals surface area contributed by atoms with Crippen LogP contribution in [-0.4, -0.2) is 14.9 Å². The number of fused-ring (bicyclic) bond motifs is 3. The van der Waals surface area contributed by atoms with Crippen LogP contribution in [0.15, 0.2) is 225 Å². The minimum Gasteiger partial charge on any atom is -0.258 e. The van der Waals surface area contributed by atoms with Crippen LogP contribution < -0.4 is 31.8 Å². The van der Waals surface area contributed by atoms with Crippen LogP contribution in [0.4, 0.5) is 5.69 Å². The number of nitro benzene ring substituents is 1. The molecule has 0 aliphatic rings. The zero-order valence-corrected chi connectivity index (χ0v) is 32.9. The third-order valence-corrected chi connectivity index (χ3v) is 13.6. The largest absolute Gasteiger partial charge is 0.279 e. The standard InChI is InChI=1S/2C18H15P.C12H7N3O2.Cu/c2*1-4-10-16(11-5-1)19(17-12-6-2-7-13-17)18-14-8-3-9-15-18;16-15(17)10-7-8-3-1-5-13-11(8)12-9(10)4-2-6-14-12;/h2*1-15H;1-7H;. The van der Waals surface area contributed by atoms with Crippen LogP contribution in [0.2, 0.25) is 0 Å². The molecule has 0 aliphatic carbocycles. The van der Waals surface area contributed by atoms with Crippen LogP contribution in [0.1, 0.15) is 0 Å². The molecule has 7 aromatic carbocycles. The number of nitro groups is 1. The molecule has 9 aromatic rings. The predicted molar refractivity (Wildman–Crippen MR) is 234 cm³/mol. The first kappa shape index (κ1) is 39.8. The Morgan fingerprint density at radius 1 is 0.393 bits per heavy atom. The smallest absolute Gasteiger partial charge is 0.258 e. The van der Waals surface area contributed by atoms with Gasteiger partial charge in [0, 0.05) is 40.9 Å². The summed E-state index contributed by atoms with van der Waals surface area (Å²) in [5.74, 6) is 0. The molecule has 8 heteroatoms. The number of nitrogens with zero attached hydrogens (tertiary/aromatic N) is 3. The Labute approximate surface area is 340 Å². The maximum atomic E-state index is 11.0. The summed E-state index contributed by atoms with van der Waals surface area (Å²) in [4.78, 5) is 19.0. The molecule has 9 rings (SSSR count). The summed E-state index contributed by atoms with van der Waals surface area (Å²) >= 11 is 0. The van der Waals surface area contributed by atoms with E-state index in [0.29, 0.717) is 16.4 Å². The van der Waals surface area contributed by atoms with Crippen molar-refractivity contribution in [3.05, 3.63) is 235 Å². The van der Waals surface area contributed by atoms with Crippen LogP contribution in [0.25, 0.3) is 21.8 Å². The number of benzene rings is 7. The molecule has 0 saturated heterocycles. The summed E-state index contributed by atoms with van der Waals surface area (Å²) in [6.07, 6.45) is 3.27. The monoisotopic (exact) mass is 812 g/mol. The van der Waals surface area contributed by atoms with Gasteiger partial charge in [-0.05, 0) is 65.9 Å². The first-order chi connectivity index (χ1) is 27.2. The second-order valence-corrected chi connectivity index (χ2v) is 16.8. The second kappa shape index (κ2) is 20.2. The Balaban J connectivity index is 0.000000141. The van der Waals surface area contributed by atoms with Crippen molar-refractivity contribution in [1.82, 2.24) is 9.97 Å². The fourth-order valence-corrected chi connectivity index (χ4v) is 10.9. The average Bonchev–Trinajstić information content (AvgIpc) is 3.26. The third-order valence-electron chi connectivity index (χ3n) is 8.72. The summed E-state index contributed by atoms with van der Waals surface area (Å²) in [6.45, 7) is 0. The van der Waals surface area contributed by atoms with Crippen molar-refractivity contribution in [2.45, 2.75) is 0 Å². The molecule has 2 aromatic heterocycles. The van der Waals surface area contributed by atoms with Crippen molar-refractivity contribution in [3.8, 4) is 0 Å². The van der Waals surface area contributed by atoms with Gasteiger partial charge in [-0.3, -0.25) is 20.1 Å². The van der Waals surface area contributed by atoms with E-state index in [1.165, 1.54) is 37.9 Å². The SMILES string of the molecule is O=[N+]([O-])c1cc2cccnc2c2ncccc12.[Cu].c1ccc(P(c2ccccc2)c2ccccc2)cc1.c1ccc(P(c2ccccc2)c2ccccc2)cc1. The van der Waals surface area contributed by atoms with Gasteiger partial charge in [-0.15, -0.1) is 0 Å². The van der Waals surface area contributed by atoms with Gasteiger partial charge >= 0.3 is 0 Å². The molecule has 2 heterocycles. The molecule has 5 nitrogen and oxygen atoms in total. The number of aromatic nitrogens is 2. The molecular formula is C48H37CuN3O2P2. The van der Waals surface area contributed by atoms with Crippen molar-refractivity contribution in [2.24, 2.45) is 0 Å². The molecule has 56 heavy (non-hydrogen) atoms. The summed E-state index contributed by atoms with van der Waals surface area (Å²) in [6, 6.07) is 73.1. The molecule has 0 unspecified atom stereocenters. The molecule has 0 fully saturated rings. The summed E-state index contributed by atoms with van der Waals surface area (Å²) in [5, 5.41) is 20.6. The van der Waals surface area contributed by atoms with E-state index in [9.17, 15) is 10.1 Å². The Hall–Kier alpha value is -5.86. The minimum atomic E-state index is -0.446. The number of rotatable bonds is 7. The number of hydrogen-bond acceptors (Lipinski definition) is 4. The summed E-state index contributed by atoms with van der Waals surface area (Å²) in [7, 11) is -0.892. The summed E-state index contributed by atoms with van der Waals surface area (Å²) < 4.78 is 0. The van der Waals surface area contributed by atoms with E-state index in [1.807, 2.05) is 0 Å². The molecule has 0 aliphatic heterocycles. The maximum Gasteiger partial charge on any atom is 0.279 e. The maximum absolute atomic E-state index is 11.0. The topological polar surface area (TPSA) is 68.9 Å². The molecule has 277 valence electrons. The molecule has 1 radical (unpaired) electrons. The van der Waals surface area contributed by atoms with Crippen molar-refractivity contribution >= 4 is 75.2 Å². The summed E-state index contributed by atoms with van der Waals surface area (Å²) in [5.41, 5.74) is 1.32. The van der Waals surface area contributed by atoms with Gasteiger partial charge in [0.25, 0.3) is 5.69 Å². The van der Waals surface area contributed by atoms with E-state index in [1.54, 1.807) is 36.7 Å². The van der Waals surface area contributed by atoms with Gasteiger partial charge in [0.1, 0.15) is 5.52 Å². The molecule has 0 amide bonds. The van der Waals surface area contributed by atoms with E-state index in [-0.39, 0.29) is 22.8 Å². The van der Waals surface area contributed by atoms with E-state index >= 15 is 0 Å². The van der Waals surface area contributed by atoms with Gasteiger partial charge in [-0.2, -0.15) is 0 Å². The number of pyridine rings is 2. The average molecular weight is 813 g/mol. The molecule has 0 N–H and O–H groups in total. The first-order valence-electron chi connectivity index (χ1n) is 17.8. The van der Waals surface area contributed by atoms with Gasteiger partial charge in [0.05, 0.1) is 15.8 Å². The van der Waals surface area contributed by atoms with E-state index < -0.39 is 20.8 Å². The Bertz CT molecular complexity index is 2270. The van der Waals surface area contributed by atoms with Crippen LogP contribution in [0.5, 0.6) is 0 Å². The zero-order valence-electron chi connectivity index (χ0n) is 30.2. The second-order valence-electron chi connectivity index (χ2n) is 12.3. The van der Waals surface area contributed by atoms with E-state index in [0.717, 1.165) is 5.39 Å². The Morgan fingerprint density at radius 2 is 0.696 bits per heavy atom. The van der Waals surface area contributed by atoms with Crippen molar-refractivity contribution < 1.29 is 22.0 Å². The third kappa shape index (κ3) is 9.86. The zero-order chi connectivity index (χ0) is 37.7. The fourth-order valence-electron chi connectivity index (χ4n) is 6.27. The first-order valence-corrected chi connectivity index (χ1v) is 20.5. The van der Waals surface area contributed by atoms with Crippen LogP contribution >= 0.6 is 15.8 Å². The number of hydrogen-bond donors (Lipinski definition) is 0. The quantitative estimate of drug-likeness (QED) is 0.0529. The molecule has 0 atom stereocenters. The normalized spacial score (nSPS) is 10.5. The molecule has 0 bridgehead atoms. The van der Waals surface area contributed by atoms with Crippen molar-refractivity contribution in [3.63, 3.8) is 0 Å². The Morgan fingerprint density at radius 3 is 1.02 bits per heavy atom. The van der Waals surface area contributed by atoms with Gasteiger partial charge < -0.3 is 0 Å². The van der Waals surface area contributed by atoms with Gasteiger partial charge in [-0.1, -0.05) is 188 Å². The van der Waals surface area contributed by atoms with Crippen LogP contribution in [0.3, 0.4) is 0 Å². The predicted octanol–water partition coefficient (Wildman–Crippen LogP) is 9.58. The molecular weight excluding hydrogens is 776 g/mol. The van der Waals surface area contributed by atoms with Gasteiger partial charge in [-0.25, -0.2) is 0 Å². The molecule has 0 saturated carbocycles. The van der Waals surface area contributed by atoms with Crippen molar-refractivity contribution in [2.75, 3.05) is 0 Å². The number of non-ortho nitro benzene ring substituents is 1. The van der Waals surface area contributed by atoms with Crippen molar-refractivity contribution in [1.29, 1.82) is 0 Å². The van der Waals surface area contributed by atoms with Crippen LogP contribution in [-0.2, 0) is 17.1 Å². The minimum absolute atomic E-state index is 0. The Kier molecular flexibility index (Phi) is 14.3.